The number of carbonyl (C=O) groups excluding carboxylic acids is 2. The molecule has 0 aliphatic heterocycles. The molecule has 0 fully saturated rings. The SMILES string of the molecule is C=CCNc1nccc(C(=O)Nc2ccc(NC(C)=O)cc2)n1. The Morgan fingerprint density at radius 1 is 1.13 bits per heavy atom. The molecule has 0 spiro atoms. The van der Waals surface area contributed by atoms with Crippen molar-refractivity contribution in [1.29, 1.82) is 0 Å². The van der Waals surface area contributed by atoms with E-state index >= 15 is 0 Å². The summed E-state index contributed by atoms with van der Waals surface area (Å²) >= 11 is 0. The lowest BCUT2D eigenvalue weighted by Gasteiger charge is -2.07. The van der Waals surface area contributed by atoms with Gasteiger partial charge in [0.1, 0.15) is 5.69 Å². The molecule has 1 aromatic carbocycles. The van der Waals surface area contributed by atoms with Crippen molar-refractivity contribution >= 4 is 29.1 Å². The van der Waals surface area contributed by atoms with E-state index in [0.717, 1.165) is 0 Å². The highest BCUT2D eigenvalue weighted by Gasteiger charge is 2.09. The van der Waals surface area contributed by atoms with Crippen LogP contribution in [0.2, 0.25) is 0 Å². The predicted molar refractivity (Wildman–Crippen MR) is 89.4 cm³/mol. The number of aromatic nitrogens is 2. The smallest absolute Gasteiger partial charge is 0.274 e. The summed E-state index contributed by atoms with van der Waals surface area (Å²) in [5.74, 6) is -0.137. The average molecular weight is 311 g/mol. The normalized spacial score (nSPS) is 9.78. The van der Waals surface area contributed by atoms with Crippen molar-refractivity contribution in [2.45, 2.75) is 6.92 Å². The number of hydrogen-bond acceptors (Lipinski definition) is 5. The number of carbonyl (C=O) groups is 2. The zero-order valence-corrected chi connectivity index (χ0v) is 12.7. The van der Waals surface area contributed by atoms with Gasteiger partial charge in [0.2, 0.25) is 11.9 Å². The average Bonchev–Trinajstić information content (AvgIpc) is 2.54. The number of benzene rings is 1. The summed E-state index contributed by atoms with van der Waals surface area (Å²) in [6.45, 7) is 5.53. The Labute approximate surface area is 133 Å². The van der Waals surface area contributed by atoms with E-state index in [1.165, 1.54) is 19.2 Å². The summed E-state index contributed by atoms with van der Waals surface area (Å²) in [5.41, 5.74) is 1.51. The summed E-state index contributed by atoms with van der Waals surface area (Å²) in [6.07, 6.45) is 3.18. The Balaban J connectivity index is 2.03. The minimum absolute atomic E-state index is 0.151. The van der Waals surface area contributed by atoms with Crippen LogP contribution in [0, 0.1) is 0 Å². The van der Waals surface area contributed by atoms with Gasteiger partial charge in [-0.25, -0.2) is 9.97 Å². The molecular weight excluding hydrogens is 294 g/mol. The van der Waals surface area contributed by atoms with Crippen LogP contribution in [-0.4, -0.2) is 28.3 Å². The first kappa shape index (κ1) is 16.2. The largest absolute Gasteiger partial charge is 0.351 e. The van der Waals surface area contributed by atoms with Crippen molar-refractivity contribution < 1.29 is 9.59 Å². The molecule has 0 aliphatic rings. The maximum atomic E-state index is 12.2. The third kappa shape index (κ3) is 4.92. The first-order chi connectivity index (χ1) is 11.1. The summed E-state index contributed by atoms with van der Waals surface area (Å²) in [5, 5.41) is 8.31. The second kappa shape index (κ2) is 7.69. The monoisotopic (exact) mass is 311 g/mol. The highest BCUT2D eigenvalue weighted by atomic mass is 16.2. The van der Waals surface area contributed by atoms with Crippen molar-refractivity contribution in [1.82, 2.24) is 9.97 Å². The number of hydrogen-bond donors (Lipinski definition) is 3. The van der Waals surface area contributed by atoms with Gasteiger partial charge < -0.3 is 16.0 Å². The van der Waals surface area contributed by atoms with Crippen molar-refractivity contribution in [2.24, 2.45) is 0 Å². The van der Waals surface area contributed by atoms with E-state index in [1.807, 2.05) is 0 Å². The molecule has 3 N–H and O–H groups in total. The molecule has 23 heavy (non-hydrogen) atoms. The lowest BCUT2D eigenvalue weighted by Crippen LogP contribution is -2.15. The van der Waals surface area contributed by atoms with E-state index < -0.39 is 0 Å². The van der Waals surface area contributed by atoms with Gasteiger partial charge in [-0.3, -0.25) is 9.59 Å². The fourth-order valence-corrected chi connectivity index (χ4v) is 1.77. The quantitative estimate of drug-likeness (QED) is 0.711. The van der Waals surface area contributed by atoms with Crippen LogP contribution < -0.4 is 16.0 Å². The zero-order valence-electron chi connectivity index (χ0n) is 12.7. The molecule has 7 nitrogen and oxygen atoms in total. The third-order valence-corrected chi connectivity index (χ3v) is 2.76. The highest BCUT2D eigenvalue weighted by Crippen LogP contribution is 2.14. The van der Waals surface area contributed by atoms with Gasteiger partial charge in [0, 0.05) is 31.0 Å². The van der Waals surface area contributed by atoms with Crippen molar-refractivity contribution in [3.05, 3.63) is 54.9 Å². The predicted octanol–water partition coefficient (Wildman–Crippen LogP) is 2.29. The molecule has 7 heteroatoms. The minimum Gasteiger partial charge on any atom is -0.351 e. The van der Waals surface area contributed by atoms with Crippen molar-refractivity contribution in [2.75, 3.05) is 22.5 Å². The van der Waals surface area contributed by atoms with Crippen LogP contribution in [0.1, 0.15) is 17.4 Å². The summed E-state index contributed by atoms with van der Waals surface area (Å²) in [4.78, 5) is 31.3. The standard InChI is InChI=1S/C16H17N5O2/c1-3-9-17-16-18-10-8-14(21-16)15(23)20-13-6-4-12(5-7-13)19-11(2)22/h3-8,10H,1,9H2,2H3,(H,19,22)(H,20,23)(H,17,18,21). The van der Waals surface area contributed by atoms with Crippen LogP contribution in [0.5, 0.6) is 0 Å². The maximum Gasteiger partial charge on any atom is 0.274 e. The van der Waals surface area contributed by atoms with Crippen LogP contribution in [0.3, 0.4) is 0 Å². The van der Waals surface area contributed by atoms with E-state index in [-0.39, 0.29) is 17.5 Å². The highest BCUT2D eigenvalue weighted by molar-refractivity contribution is 6.03. The molecule has 1 aromatic heterocycles. The van der Waals surface area contributed by atoms with Gasteiger partial charge in [-0.1, -0.05) is 6.08 Å². The number of anilines is 3. The minimum atomic E-state index is -0.346. The van der Waals surface area contributed by atoms with Gasteiger partial charge in [-0.2, -0.15) is 0 Å². The molecule has 0 radical (unpaired) electrons. The molecule has 0 aliphatic carbocycles. The molecule has 2 aromatic rings. The molecule has 1 heterocycles. The van der Waals surface area contributed by atoms with E-state index in [9.17, 15) is 9.59 Å². The molecule has 0 bridgehead atoms. The topological polar surface area (TPSA) is 96.0 Å². The second-order valence-electron chi connectivity index (χ2n) is 4.65. The van der Waals surface area contributed by atoms with Crippen molar-refractivity contribution in [3.8, 4) is 0 Å². The molecule has 0 unspecified atom stereocenters. The summed E-state index contributed by atoms with van der Waals surface area (Å²) in [7, 11) is 0. The van der Waals surface area contributed by atoms with Crippen LogP contribution in [0.4, 0.5) is 17.3 Å². The van der Waals surface area contributed by atoms with Crippen LogP contribution in [-0.2, 0) is 4.79 Å². The van der Waals surface area contributed by atoms with Gasteiger partial charge in [-0.15, -0.1) is 6.58 Å². The number of rotatable bonds is 6. The Hall–Kier alpha value is -3.22. The Bertz CT molecular complexity index is 713. The molecule has 118 valence electrons. The van der Waals surface area contributed by atoms with Crippen LogP contribution in [0.25, 0.3) is 0 Å². The molecule has 2 amide bonds. The van der Waals surface area contributed by atoms with Crippen LogP contribution in [0.15, 0.2) is 49.2 Å². The van der Waals surface area contributed by atoms with E-state index in [1.54, 1.807) is 30.3 Å². The first-order valence-electron chi connectivity index (χ1n) is 6.95. The molecule has 0 saturated carbocycles. The zero-order chi connectivity index (χ0) is 16.7. The molecule has 0 atom stereocenters. The maximum absolute atomic E-state index is 12.2. The Kier molecular flexibility index (Phi) is 5.40. The fraction of sp³-hybridized carbons (Fsp3) is 0.125. The van der Waals surface area contributed by atoms with Gasteiger partial charge in [0.25, 0.3) is 5.91 Å². The van der Waals surface area contributed by atoms with E-state index in [0.29, 0.717) is 23.9 Å². The lowest BCUT2D eigenvalue weighted by atomic mass is 10.2. The van der Waals surface area contributed by atoms with E-state index in [4.69, 9.17) is 0 Å². The van der Waals surface area contributed by atoms with Crippen molar-refractivity contribution in [3.63, 3.8) is 0 Å². The first-order valence-corrected chi connectivity index (χ1v) is 6.95. The molecule has 2 rings (SSSR count). The van der Waals surface area contributed by atoms with Gasteiger partial charge in [0.15, 0.2) is 0 Å². The third-order valence-electron chi connectivity index (χ3n) is 2.76. The number of nitrogens with one attached hydrogen (secondary N) is 3. The Morgan fingerprint density at radius 2 is 1.78 bits per heavy atom. The van der Waals surface area contributed by atoms with E-state index in [2.05, 4.69) is 32.5 Å². The summed E-state index contributed by atoms with van der Waals surface area (Å²) in [6, 6.07) is 8.32. The second-order valence-corrected chi connectivity index (χ2v) is 4.65. The van der Waals surface area contributed by atoms with Gasteiger partial charge >= 0.3 is 0 Å². The van der Waals surface area contributed by atoms with Crippen LogP contribution >= 0.6 is 0 Å². The molecular formula is C16H17N5O2. The fourth-order valence-electron chi connectivity index (χ4n) is 1.77. The Morgan fingerprint density at radius 3 is 2.39 bits per heavy atom. The lowest BCUT2D eigenvalue weighted by molar-refractivity contribution is -0.114. The summed E-state index contributed by atoms with van der Waals surface area (Å²) < 4.78 is 0. The number of amides is 2. The number of nitrogens with zero attached hydrogens (tertiary/aromatic N) is 2. The molecule has 0 saturated heterocycles. The van der Waals surface area contributed by atoms with Gasteiger partial charge in [0.05, 0.1) is 0 Å². The van der Waals surface area contributed by atoms with Gasteiger partial charge in [-0.05, 0) is 30.3 Å².